The molecule has 4 aromatic heterocycles. The molecule has 0 radical (unpaired) electrons. The Balaban J connectivity index is 1.36. The average molecular weight is 602 g/mol. The summed E-state index contributed by atoms with van der Waals surface area (Å²) in [6.45, 7) is -0.131. The maximum Gasteiger partial charge on any atom is 0.434 e. The van der Waals surface area contributed by atoms with Crippen molar-refractivity contribution in [2.45, 2.75) is 37.7 Å². The van der Waals surface area contributed by atoms with E-state index in [0.717, 1.165) is 25.1 Å². The highest BCUT2D eigenvalue weighted by Crippen LogP contribution is 2.45. The topological polar surface area (TPSA) is 101 Å². The Labute approximate surface area is 239 Å². The minimum absolute atomic E-state index is 0.0359. The van der Waals surface area contributed by atoms with E-state index in [2.05, 4.69) is 29.9 Å². The second-order valence-electron chi connectivity index (χ2n) is 9.91. The molecule has 0 amide bonds. The molecule has 0 N–H and O–H groups in total. The van der Waals surface area contributed by atoms with E-state index >= 15 is 0 Å². The molecule has 1 aromatic carbocycles. The van der Waals surface area contributed by atoms with Crippen LogP contribution in [0.15, 0.2) is 49.1 Å². The van der Waals surface area contributed by atoms with Crippen molar-refractivity contribution in [2.24, 2.45) is 7.05 Å². The second-order valence-corrected chi connectivity index (χ2v) is 9.91. The third-order valence-electron chi connectivity index (χ3n) is 6.82. The van der Waals surface area contributed by atoms with Gasteiger partial charge in [-0.2, -0.15) is 31.3 Å². The number of halogens is 6. The van der Waals surface area contributed by atoms with Gasteiger partial charge < -0.3 is 14.0 Å². The van der Waals surface area contributed by atoms with Crippen LogP contribution in [-0.4, -0.2) is 41.6 Å². The maximum absolute atomic E-state index is 13.5. The normalized spacial score (nSPS) is 13.9. The summed E-state index contributed by atoms with van der Waals surface area (Å²) in [6.07, 6.45) is -4.52. The lowest BCUT2D eigenvalue weighted by Crippen LogP contribution is -2.08. The summed E-state index contributed by atoms with van der Waals surface area (Å²) < 4.78 is 92.5. The first-order valence-corrected chi connectivity index (χ1v) is 12.9. The van der Waals surface area contributed by atoms with Crippen molar-refractivity contribution in [3.05, 3.63) is 71.6 Å². The first-order valence-electron chi connectivity index (χ1n) is 12.9. The third kappa shape index (κ3) is 5.66. The number of benzene rings is 1. The molecular weight excluding hydrogens is 580 g/mol. The fourth-order valence-corrected chi connectivity index (χ4v) is 4.55. The van der Waals surface area contributed by atoms with E-state index in [1.54, 1.807) is 24.3 Å². The predicted molar refractivity (Wildman–Crippen MR) is 140 cm³/mol. The van der Waals surface area contributed by atoms with Gasteiger partial charge in [0.15, 0.2) is 17.2 Å². The highest BCUT2D eigenvalue weighted by molar-refractivity contribution is 5.83. The van der Waals surface area contributed by atoms with Crippen molar-refractivity contribution in [1.82, 2.24) is 34.5 Å². The molecule has 1 saturated carbocycles. The van der Waals surface area contributed by atoms with Crippen LogP contribution in [0.5, 0.6) is 11.8 Å². The molecule has 0 saturated heterocycles. The van der Waals surface area contributed by atoms with Gasteiger partial charge in [0.25, 0.3) is 0 Å². The molecule has 5 aromatic rings. The van der Waals surface area contributed by atoms with Crippen LogP contribution in [0.3, 0.4) is 0 Å². The Bertz CT molecular complexity index is 1820. The number of aromatic nitrogens is 7. The molecule has 4 heterocycles. The standard InChI is InChI=1S/C28H21F6N7O2/c1-41-11-19(28(32,33)34)38-24(41)16-5-3-14(4-6-16)12-43-25-18-9-17(27(29,30)31)10-35-22(18)39-23(40-25)20-21(15-7-8-15)36-13-37-26(20)42-2/h3-6,9-11,13,15H,7-8,12H2,1-2H3. The zero-order chi connectivity index (χ0) is 30.5. The molecule has 222 valence electrons. The van der Waals surface area contributed by atoms with Gasteiger partial charge in [-0.05, 0) is 24.5 Å². The number of fused-ring (bicyclic) bond motifs is 1. The summed E-state index contributed by atoms with van der Waals surface area (Å²) >= 11 is 0. The molecule has 15 heteroatoms. The molecule has 9 nitrogen and oxygen atoms in total. The molecule has 0 atom stereocenters. The summed E-state index contributed by atoms with van der Waals surface area (Å²) in [5.74, 6) is 0.379. The number of alkyl halides is 6. The maximum atomic E-state index is 13.5. The van der Waals surface area contributed by atoms with Crippen LogP contribution < -0.4 is 9.47 Å². The van der Waals surface area contributed by atoms with Gasteiger partial charge >= 0.3 is 12.4 Å². The molecule has 0 aliphatic heterocycles. The van der Waals surface area contributed by atoms with E-state index in [-0.39, 0.29) is 47.0 Å². The highest BCUT2D eigenvalue weighted by atomic mass is 19.4. The van der Waals surface area contributed by atoms with Gasteiger partial charge in [-0.3, -0.25) is 0 Å². The number of hydrogen-bond acceptors (Lipinski definition) is 8. The van der Waals surface area contributed by atoms with Crippen LogP contribution >= 0.6 is 0 Å². The number of nitrogens with zero attached hydrogens (tertiary/aromatic N) is 7. The Morgan fingerprint density at radius 1 is 0.907 bits per heavy atom. The zero-order valence-electron chi connectivity index (χ0n) is 22.5. The van der Waals surface area contributed by atoms with Crippen LogP contribution in [0.2, 0.25) is 0 Å². The largest absolute Gasteiger partial charge is 0.480 e. The van der Waals surface area contributed by atoms with Gasteiger partial charge in [0.1, 0.15) is 24.3 Å². The van der Waals surface area contributed by atoms with E-state index in [9.17, 15) is 26.3 Å². The van der Waals surface area contributed by atoms with Gasteiger partial charge in [0, 0.05) is 30.9 Å². The van der Waals surface area contributed by atoms with Gasteiger partial charge in [0.05, 0.1) is 23.8 Å². The van der Waals surface area contributed by atoms with Gasteiger partial charge in [-0.1, -0.05) is 24.3 Å². The van der Waals surface area contributed by atoms with Crippen LogP contribution in [0.1, 0.15) is 41.3 Å². The number of ether oxygens (including phenoxy) is 2. The lowest BCUT2D eigenvalue weighted by molar-refractivity contribution is -0.141. The fourth-order valence-electron chi connectivity index (χ4n) is 4.55. The highest BCUT2D eigenvalue weighted by Gasteiger charge is 2.35. The molecule has 6 rings (SSSR count). The SMILES string of the molecule is COc1ncnc(C2CC2)c1-c1nc(OCc2ccc(-c3nc(C(F)(F)F)cn3C)cc2)c2cc(C(F)(F)F)cnc2n1. The molecule has 1 fully saturated rings. The average Bonchev–Trinajstić information content (AvgIpc) is 3.74. The third-order valence-corrected chi connectivity index (χ3v) is 6.82. The van der Waals surface area contributed by atoms with Crippen molar-refractivity contribution < 1.29 is 35.8 Å². The first kappa shape index (κ1) is 28.3. The van der Waals surface area contributed by atoms with Crippen LogP contribution in [0.4, 0.5) is 26.3 Å². The summed E-state index contributed by atoms with van der Waals surface area (Å²) in [5.41, 5.74) is 0.00690. The fraction of sp³-hybridized carbons (Fsp3) is 0.286. The van der Waals surface area contributed by atoms with E-state index in [1.165, 1.54) is 25.1 Å². The minimum atomic E-state index is -4.67. The molecular formula is C28H21F6N7O2. The Hall–Kier alpha value is -4.82. The van der Waals surface area contributed by atoms with E-state index in [1.807, 2.05) is 0 Å². The number of rotatable bonds is 7. The minimum Gasteiger partial charge on any atom is -0.480 e. The lowest BCUT2D eigenvalue weighted by atomic mass is 10.1. The second kappa shape index (κ2) is 10.5. The van der Waals surface area contributed by atoms with Crippen molar-refractivity contribution in [3.8, 4) is 34.5 Å². The monoisotopic (exact) mass is 601 g/mol. The number of hydrogen-bond donors (Lipinski definition) is 0. The Morgan fingerprint density at radius 2 is 1.65 bits per heavy atom. The molecule has 1 aliphatic carbocycles. The predicted octanol–water partition coefficient (Wildman–Crippen LogP) is 6.38. The number of imidazole rings is 1. The zero-order valence-corrected chi connectivity index (χ0v) is 22.5. The van der Waals surface area contributed by atoms with E-state index in [0.29, 0.717) is 28.6 Å². The number of aryl methyl sites for hydroxylation is 1. The molecule has 0 unspecified atom stereocenters. The van der Waals surface area contributed by atoms with Crippen molar-refractivity contribution in [2.75, 3.05) is 7.11 Å². The molecule has 1 aliphatic rings. The Morgan fingerprint density at radius 3 is 2.28 bits per heavy atom. The quantitative estimate of drug-likeness (QED) is 0.198. The van der Waals surface area contributed by atoms with E-state index in [4.69, 9.17) is 9.47 Å². The van der Waals surface area contributed by atoms with Crippen molar-refractivity contribution in [3.63, 3.8) is 0 Å². The summed E-state index contributed by atoms with van der Waals surface area (Å²) in [6, 6.07) is 7.23. The van der Waals surface area contributed by atoms with Gasteiger partial charge in [0.2, 0.25) is 11.8 Å². The lowest BCUT2D eigenvalue weighted by Gasteiger charge is -2.14. The van der Waals surface area contributed by atoms with Gasteiger partial charge in [-0.25, -0.2) is 24.9 Å². The first-order chi connectivity index (χ1) is 20.4. The smallest absolute Gasteiger partial charge is 0.434 e. The van der Waals surface area contributed by atoms with Crippen molar-refractivity contribution in [1.29, 1.82) is 0 Å². The van der Waals surface area contributed by atoms with Gasteiger partial charge in [-0.15, -0.1) is 0 Å². The molecule has 0 spiro atoms. The van der Waals surface area contributed by atoms with E-state index < -0.39 is 23.6 Å². The Kier molecular flexibility index (Phi) is 6.89. The van der Waals surface area contributed by atoms with Crippen LogP contribution in [-0.2, 0) is 26.0 Å². The summed E-state index contributed by atoms with van der Waals surface area (Å²) in [7, 11) is 2.88. The summed E-state index contributed by atoms with van der Waals surface area (Å²) in [4.78, 5) is 25.1. The number of methoxy groups -OCH3 is 1. The van der Waals surface area contributed by atoms with Crippen LogP contribution in [0.25, 0.3) is 33.8 Å². The molecule has 43 heavy (non-hydrogen) atoms. The van der Waals surface area contributed by atoms with Crippen molar-refractivity contribution >= 4 is 11.0 Å². The number of pyridine rings is 1. The summed E-state index contributed by atoms with van der Waals surface area (Å²) in [5, 5.41) is -0.0633. The molecule has 0 bridgehead atoms. The van der Waals surface area contributed by atoms with Crippen LogP contribution in [0, 0.1) is 0 Å².